The summed E-state index contributed by atoms with van der Waals surface area (Å²) in [5.74, 6) is 1.48. The lowest BCUT2D eigenvalue weighted by molar-refractivity contribution is 0.484. The summed E-state index contributed by atoms with van der Waals surface area (Å²) in [7, 11) is 0. The summed E-state index contributed by atoms with van der Waals surface area (Å²) in [4.78, 5) is 14.4. The van der Waals surface area contributed by atoms with Crippen LogP contribution in [0.15, 0.2) is 128 Å². The van der Waals surface area contributed by atoms with Crippen LogP contribution in [0.4, 0.5) is 0 Å². The van der Waals surface area contributed by atoms with Gasteiger partial charge in [-0.25, -0.2) is 15.0 Å². The van der Waals surface area contributed by atoms with E-state index in [-0.39, 0.29) is 0 Å². The third-order valence-electron chi connectivity index (χ3n) is 10.4. The Bertz CT molecular complexity index is 3020. The molecule has 6 nitrogen and oxygen atoms in total. The molecule has 0 unspecified atom stereocenters. The van der Waals surface area contributed by atoms with Crippen LogP contribution in [-0.2, 0) is 0 Å². The zero-order chi connectivity index (χ0) is 34.4. The van der Waals surface area contributed by atoms with Crippen LogP contribution in [0.25, 0.3) is 77.2 Å². The van der Waals surface area contributed by atoms with Crippen molar-refractivity contribution in [1.29, 1.82) is 0 Å². The van der Waals surface area contributed by atoms with E-state index in [1.807, 2.05) is 41.3 Å². The molecular formula is C45H33N5O. The molecule has 0 bridgehead atoms. The predicted octanol–water partition coefficient (Wildman–Crippen LogP) is 11.3. The molecule has 0 N–H and O–H groups in total. The number of ether oxygens (including phenoxy) is 1. The van der Waals surface area contributed by atoms with Gasteiger partial charge in [0, 0.05) is 45.7 Å². The maximum atomic E-state index is 6.64. The fourth-order valence-electron chi connectivity index (χ4n) is 8.17. The minimum atomic E-state index is 0.740. The lowest BCUT2D eigenvalue weighted by atomic mass is 9.94. The molecule has 5 heterocycles. The van der Waals surface area contributed by atoms with Gasteiger partial charge in [0.2, 0.25) is 0 Å². The van der Waals surface area contributed by atoms with Crippen molar-refractivity contribution in [3.8, 4) is 33.9 Å². The molecule has 0 atom stereocenters. The van der Waals surface area contributed by atoms with E-state index in [1.165, 1.54) is 38.9 Å². The number of hydrogen-bond donors (Lipinski definition) is 0. The van der Waals surface area contributed by atoms with E-state index in [2.05, 4.69) is 133 Å². The third-order valence-corrected chi connectivity index (χ3v) is 10.4. The van der Waals surface area contributed by atoms with Crippen LogP contribution in [0, 0.1) is 27.7 Å². The number of nitrogens with zero attached hydrogens (tertiary/aromatic N) is 5. The van der Waals surface area contributed by atoms with Crippen molar-refractivity contribution in [3.63, 3.8) is 0 Å². The lowest BCUT2D eigenvalue weighted by Gasteiger charge is -2.16. The van der Waals surface area contributed by atoms with Crippen molar-refractivity contribution < 1.29 is 4.74 Å². The van der Waals surface area contributed by atoms with E-state index >= 15 is 0 Å². The second-order valence-electron chi connectivity index (χ2n) is 13.6. The van der Waals surface area contributed by atoms with Crippen molar-refractivity contribution in [2.45, 2.75) is 27.7 Å². The molecule has 0 aliphatic rings. The van der Waals surface area contributed by atoms with Crippen LogP contribution in [-0.4, -0.2) is 23.8 Å². The standard InChI is InChI=1S/C45H33N5O/c1-26-8-5-9-27(2)41(26)30-13-16-35-33-17-14-32(24-38(33)45-48-25-40(50(45)39(35)22-30)42-28(3)10-6-11-29(42)4)51-31-15-18-34-36-12-7-19-46-43(36)49-21-20-47-44(49)37(34)23-31/h5-25H,1-4H3. The maximum Gasteiger partial charge on any atom is 0.146 e. The van der Waals surface area contributed by atoms with Crippen molar-refractivity contribution in [1.82, 2.24) is 23.8 Å². The van der Waals surface area contributed by atoms with Crippen molar-refractivity contribution in [2.75, 3.05) is 0 Å². The third kappa shape index (κ3) is 4.39. The summed E-state index contributed by atoms with van der Waals surface area (Å²) >= 11 is 0. The van der Waals surface area contributed by atoms with E-state index in [4.69, 9.17) is 9.72 Å². The Morgan fingerprint density at radius 1 is 0.490 bits per heavy atom. The molecule has 0 aliphatic carbocycles. The molecule has 0 saturated carbocycles. The Labute approximate surface area is 294 Å². The Balaban J connectivity index is 1.19. The molecule has 0 spiro atoms. The van der Waals surface area contributed by atoms with E-state index in [1.54, 1.807) is 0 Å². The Morgan fingerprint density at radius 3 is 1.82 bits per heavy atom. The molecule has 0 fully saturated rings. The SMILES string of the molecule is Cc1cccc(C)c1-c1ccc2c3ccc(Oc4ccc5c6cccnc6n6ccnc6c5c4)cc3c3ncc(-c4c(C)cccc4C)n3c2c1. The van der Waals surface area contributed by atoms with Gasteiger partial charge in [-0.1, -0.05) is 48.5 Å². The highest BCUT2D eigenvalue weighted by molar-refractivity contribution is 6.14. The first-order valence-electron chi connectivity index (χ1n) is 17.3. The summed E-state index contributed by atoms with van der Waals surface area (Å²) in [6.07, 6.45) is 7.62. The zero-order valence-corrected chi connectivity index (χ0v) is 28.8. The summed E-state index contributed by atoms with van der Waals surface area (Å²) in [5, 5.41) is 6.51. The van der Waals surface area contributed by atoms with E-state index in [0.717, 1.165) is 72.0 Å². The number of pyridine rings is 3. The van der Waals surface area contributed by atoms with Gasteiger partial charge in [-0.05, 0) is 126 Å². The molecule has 5 aromatic carbocycles. The van der Waals surface area contributed by atoms with Crippen molar-refractivity contribution in [3.05, 3.63) is 150 Å². The van der Waals surface area contributed by atoms with Crippen LogP contribution in [0.5, 0.6) is 11.5 Å². The topological polar surface area (TPSA) is 56.7 Å². The number of aryl methyl sites for hydroxylation is 4. The van der Waals surface area contributed by atoms with Crippen LogP contribution in [0.2, 0.25) is 0 Å². The van der Waals surface area contributed by atoms with Crippen molar-refractivity contribution >= 4 is 54.8 Å². The van der Waals surface area contributed by atoms with Gasteiger partial charge in [0.1, 0.15) is 28.4 Å². The predicted molar refractivity (Wildman–Crippen MR) is 208 cm³/mol. The molecule has 5 aromatic heterocycles. The number of hydrogen-bond acceptors (Lipinski definition) is 4. The maximum absolute atomic E-state index is 6.64. The largest absolute Gasteiger partial charge is 0.457 e. The minimum Gasteiger partial charge on any atom is -0.457 e. The summed E-state index contributed by atoms with van der Waals surface area (Å²) in [5.41, 5.74) is 13.5. The van der Waals surface area contributed by atoms with Gasteiger partial charge in [-0.2, -0.15) is 0 Å². The van der Waals surface area contributed by atoms with Crippen molar-refractivity contribution in [2.24, 2.45) is 0 Å². The fourth-order valence-corrected chi connectivity index (χ4v) is 8.17. The molecule has 0 radical (unpaired) electrons. The van der Waals surface area contributed by atoms with Crippen LogP contribution in [0.3, 0.4) is 0 Å². The molecule has 6 heteroatoms. The average molecular weight is 660 g/mol. The molecule has 10 aromatic rings. The highest BCUT2D eigenvalue weighted by atomic mass is 16.5. The van der Waals surface area contributed by atoms with Gasteiger partial charge in [-0.15, -0.1) is 0 Å². The molecule has 51 heavy (non-hydrogen) atoms. The van der Waals surface area contributed by atoms with Gasteiger partial charge in [0.15, 0.2) is 0 Å². The van der Waals surface area contributed by atoms with Crippen LogP contribution in [0.1, 0.15) is 22.3 Å². The number of rotatable bonds is 4. The van der Waals surface area contributed by atoms with Gasteiger partial charge in [0.25, 0.3) is 0 Å². The minimum absolute atomic E-state index is 0.740. The second-order valence-corrected chi connectivity index (χ2v) is 13.6. The highest BCUT2D eigenvalue weighted by Crippen LogP contribution is 2.40. The number of fused-ring (bicyclic) bond motifs is 12. The van der Waals surface area contributed by atoms with Crippen LogP contribution >= 0.6 is 0 Å². The summed E-state index contributed by atoms with van der Waals surface area (Å²) < 4.78 is 11.0. The molecular weight excluding hydrogens is 627 g/mol. The fraction of sp³-hybridized carbons (Fsp3) is 0.0889. The zero-order valence-electron chi connectivity index (χ0n) is 28.8. The Morgan fingerprint density at radius 2 is 1.10 bits per heavy atom. The first kappa shape index (κ1) is 29.4. The summed E-state index contributed by atoms with van der Waals surface area (Å²) in [6, 6.07) is 36.5. The monoisotopic (exact) mass is 659 g/mol. The first-order valence-corrected chi connectivity index (χ1v) is 17.3. The van der Waals surface area contributed by atoms with Gasteiger partial charge >= 0.3 is 0 Å². The van der Waals surface area contributed by atoms with Gasteiger partial charge < -0.3 is 4.74 Å². The molecule has 10 rings (SSSR count). The van der Waals surface area contributed by atoms with E-state index < -0.39 is 0 Å². The van der Waals surface area contributed by atoms with E-state index in [9.17, 15) is 0 Å². The number of imidazole rings is 2. The summed E-state index contributed by atoms with van der Waals surface area (Å²) in [6.45, 7) is 8.74. The smallest absolute Gasteiger partial charge is 0.146 e. The quantitative estimate of drug-likeness (QED) is 0.176. The van der Waals surface area contributed by atoms with Gasteiger partial charge in [0.05, 0.1) is 17.4 Å². The van der Waals surface area contributed by atoms with E-state index in [0.29, 0.717) is 0 Å². The molecule has 0 amide bonds. The van der Waals surface area contributed by atoms with Gasteiger partial charge in [-0.3, -0.25) is 8.80 Å². The average Bonchev–Trinajstić information content (AvgIpc) is 3.81. The number of aromatic nitrogens is 5. The molecule has 244 valence electrons. The lowest BCUT2D eigenvalue weighted by Crippen LogP contribution is -1.98. The number of benzene rings is 5. The molecule has 0 saturated heterocycles. The second kappa shape index (κ2) is 11.0. The Kier molecular flexibility index (Phi) is 6.33. The highest BCUT2D eigenvalue weighted by Gasteiger charge is 2.19. The Hall–Kier alpha value is -6.53. The normalized spacial score (nSPS) is 11.9. The van der Waals surface area contributed by atoms with Crippen LogP contribution < -0.4 is 4.74 Å². The first-order chi connectivity index (χ1) is 24.9. The molecule has 0 aliphatic heterocycles.